The Kier molecular flexibility index (Phi) is 1.66. The second-order valence-electron chi connectivity index (χ2n) is 2.60. The number of aliphatic imine (C=N–C) groups is 1. The lowest BCUT2D eigenvalue weighted by atomic mass is 10.0. The van der Waals surface area contributed by atoms with Gasteiger partial charge in [-0.25, -0.2) is 0 Å². The molecule has 0 aliphatic carbocycles. The van der Waals surface area contributed by atoms with Gasteiger partial charge in [0.15, 0.2) is 0 Å². The Hall–Kier alpha value is -0.330. The highest BCUT2D eigenvalue weighted by Crippen LogP contribution is 2.12. The first-order valence-corrected chi connectivity index (χ1v) is 3.35. The smallest absolute Gasteiger partial charge is 0.0768 e. The molecule has 1 atom stereocenters. The second-order valence-corrected chi connectivity index (χ2v) is 2.60. The van der Waals surface area contributed by atoms with E-state index in [0.29, 0.717) is 0 Å². The van der Waals surface area contributed by atoms with Gasteiger partial charge in [-0.05, 0) is 12.3 Å². The first-order chi connectivity index (χ1) is 3.83. The van der Waals surface area contributed by atoms with Crippen LogP contribution in [0.2, 0.25) is 0 Å². The molecule has 8 heavy (non-hydrogen) atoms. The molecule has 1 heteroatoms. The predicted molar refractivity (Wildman–Crippen MR) is 36.4 cm³/mol. The van der Waals surface area contributed by atoms with Gasteiger partial charge in [0.25, 0.3) is 0 Å². The largest absolute Gasteiger partial charge is 0.286 e. The van der Waals surface area contributed by atoms with E-state index in [1.54, 1.807) is 0 Å². The lowest BCUT2D eigenvalue weighted by Gasteiger charge is -2.00. The molecule has 0 amide bonds. The van der Waals surface area contributed by atoms with Gasteiger partial charge < -0.3 is 0 Å². The SMILES string of the molecule is CC[C@H](C)CC1=NC1. The molecule has 46 valence electrons. The van der Waals surface area contributed by atoms with Gasteiger partial charge in [-0.2, -0.15) is 0 Å². The van der Waals surface area contributed by atoms with E-state index in [4.69, 9.17) is 0 Å². The predicted octanol–water partition coefficient (Wildman–Crippen LogP) is 1.88. The molecule has 1 aliphatic rings. The van der Waals surface area contributed by atoms with Crippen molar-refractivity contribution in [3.63, 3.8) is 0 Å². The molecule has 0 saturated heterocycles. The van der Waals surface area contributed by atoms with E-state index < -0.39 is 0 Å². The molecule has 0 aromatic carbocycles. The van der Waals surface area contributed by atoms with Crippen LogP contribution in [0.5, 0.6) is 0 Å². The fourth-order valence-corrected chi connectivity index (χ4v) is 0.732. The number of rotatable bonds is 3. The first-order valence-electron chi connectivity index (χ1n) is 3.35. The van der Waals surface area contributed by atoms with Crippen LogP contribution in [-0.2, 0) is 0 Å². The maximum Gasteiger partial charge on any atom is 0.0768 e. The van der Waals surface area contributed by atoms with Crippen LogP contribution in [0.4, 0.5) is 0 Å². The summed E-state index contributed by atoms with van der Waals surface area (Å²) < 4.78 is 0. The van der Waals surface area contributed by atoms with Crippen LogP contribution in [0.15, 0.2) is 4.99 Å². The maximum absolute atomic E-state index is 4.11. The van der Waals surface area contributed by atoms with Crippen molar-refractivity contribution in [1.82, 2.24) is 0 Å². The number of hydrogen-bond donors (Lipinski definition) is 0. The number of hydrogen-bond acceptors (Lipinski definition) is 1. The zero-order chi connectivity index (χ0) is 5.98. The highest BCUT2D eigenvalue weighted by Gasteiger charge is 2.11. The zero-order valence-corrected chi connectivity index (χ0v) is 5.65. The fraction of sp³-hybridized carbons (Fsp3) is 0.857. The topological polar surface area (TPSA) is 12.4 Å². The van der Waals surface area contributed by atoms with Crippen molar-refractivity contribution in [2.75, 3.05) is 6.54 Å². The highest BCUT2D eigenvalue weighted by molar-refractivity contribution is 5.96. The third-order valence-electron chi connectivity index (χ3n) is 1.66. The van der Waals surface area contributed by atoms with E-state index in [1.165, 1.54) is 18.6 Å². The molecule has 0 N–H and O–H groups in total. The minimum absolute atomic E-state index is 0.858. The molecule has 1 rings (SSSR count). The van der Waals surface area contributed by atoms with Crippen LogP contribution in [-0.4, -0.2) is 12.3 Å². The van der Waals surface area contributed by atoms with Gasteiger partial charge >= 0.3 is 0 Å². The molecule has 0 unspecified atom stereocenters. The minimum atomic E-state index is 0.858. The van der Waals surface area contributed by atoms with Gasteiger partial charge in [-0.3, -0.25) is 4.99 Å². The van der Waals surface area contributed by atoms with Crippen molar-refractivity contribution in [3.8, 4) is 0 Å². The lowest BCUT2D eigenvalue weighted by molar-refractivity contribution is 0.590. The quantitative estimate of drug-likeness (QED) is 0.527. The van der Waals surface area contributed by atoms with Gasteiger partial charge in [0, 0.05) is 5.71 Å². The Bertz CT molecular complexity index is 105. The highest BCUT2D eigenvalue weighted by atomic mass is 14.9. The van der Waals surface area contributed by atoms with Crippen molar-refractivity contribution in [2.45, 2.75) is 26.7 Å². The second kappa shape index (κ2) is 2.29. The molecule has 0 radical (unpaired) electrons. The molecular weight excluding hydrogens is 98.1 g/mol. The molecule has 0 fully saturated rings. The zero-order valence-electron chi connectivity index (χ0n) is 5.65. The van der Waals surface area contributed by atoms with Gasteiger partial charge in [0.1, 0.15) is 0 Å². The minimum Gasteiger partial charge on any atom is -0.286 e. The molecule has 0 aromatic rings. The van der Waals surface area contributed by atoms with Crippen LogP contribution in [0.1, 0.15) is 26.7 Å². The summed E-state index contributed by atoms with van der Waals surface area (Å²) in [6.45, 7) is 5.57. The Labute approximate surface area is 50.8 Å². The summed E-state index contributed by atoms with van der Waals surface area (Å²) >= 11 is 0. The number of nitrogens with zero attached hydrogens (tertiary/aromatic N) is 1. The molecule has 0 saturated carbocycles. The molecule has 0 aromatic heterocycles. The Morgan fingerprint density at radius 3 is 2.75 bits per heavy atom. The third-order valence-corrected chi connectivity index (χ3v) is 1.66. The van der Waals surface area contributed by atoms with E-state index in [2.05, 4.69) is 18.8 Å². The Morgan fingerprint density at radius 2 is 2.38 bits per heavy atom. The fourth-order valence-electron chi connectivity index (χ4n) is 0.732. The van der Waals surface area contributed by atoms with E-state index in [-0.39, 0.29) is 0 Å². The third kappa shape index (κ3) is 1.65. The van der Waals surface area contributed by atoms with Crippen LogP contribution in [0.25, 0.3) is 0 Å². The van der Waals surface area contributed by atoms with E-state index in [9.17, 15) is 0 Å². The average Bonchev–Trinajstić information content (AvgIpc) is 2.50. The van der Waals surface area contributed by atoms with E-state index in [0.717, 1.165) is 12.5 Å². The first kappa shape index (κ1) is 5.80. The van der Waals surface area contributed by atoms with Gasteiger partial charge in [0.05, 0.1) is 6.54 Å². The Morgan fingerprint density at radius 1 is 1.75 bits per heavy atom. The molecule has 1 heterocycles. The van der Waals surface area contributed by atoms with Crippen LogP contribution >= 0.6 is 0 Å². The summed E-state index contributed by atoms with van der Waals surface area (Å²) in [6, 6.07) is 0. The van der Waals surface area contributed by atoms with Crippen LogP contribution in [0.3, 0.4) is 0 Å². The average molecular weight is 111 g/mol. The van der Waals surface area contributed by atoms with Crippen LogP contribution in [0, 0.1) is 5.92 Å². The summed E-state index contributed by atoms with van der Waals surface area (Å²) in [7, 11) is 0. The summed E-state index contributed by atoms with van der Waals surface area (Å²) in [5.74, 6) is 0.858. The Balaban J connectivity index is 2.07. The van der Waals surface area contributed by atoms with Crippen LogP contribution < -0.4 is 0 Å². The summed E-state index contributed by atoms with van der Waals surface area (Å²) in [5.41, 5.74) is 1.43. The standard InChI is InChI=1S/C7H13N/c1-3-6(2)4-7-5-8-7/h6H,3-5H2,1-2H3/t6-/m0/s1. The summed E-state index contributed by atoms with van der Waals surface area (Å²) in [5, 5.41) is 0. The summed E-state index contributed by atoms with van der Waals surface area (Å²) in [6.07, 6.45) is 2.54. The van der Waals surface area contributed by atoms with Crippen molar-refractivity contribution in [3.05, 3.63) is 0 Å². The normalized spacial score (nSPS) is 20.0. The van der Waals surface area contributed by atoms with Crippen molar-refractivity contribution in [2.24, 2.45) is 10.9 Å². The molecule has 0 spiro atoms. The molecule has 1 aliphatic heterocycles. The summed E-state index contributed by atoms with van der Waals surface area (Å²) in [4.78, 5) is 4.11. The lowest BCUT2D eigenvalue weighted by Crippen LogP contribution is -1.95. The van der Waals surface area contributed by atoms with Crippen molar-refractivity contribution >= 4 is 5.71 Å². The van der Waals surface area contributed by atoms with Crippen molar-refractivity contribution in [1.29, 1.82) is 0 Å². The molecule has 1 nitrogen and oxygen atoms in total. The van der Waals surface area contributed by atoms with Gasteiger partial charge in [0.2, 0.25) is 0 Å². The monoisotopic (exact) mass is 111 g/mol. The van der Waals surface area contributed by atoms with Gasteiger partial charge in [-0.1, -0.05) is 20.3 Å². The van der Waals surface area contributed by atoms with E-state index >= 15 is 0 Å². The van der Waals surface area contributed by atoms with Crippen molar-refractivity contribution < 1.29 is 0 Å². The molecular formula is C7H13N. The van der Waals surface area contributed by atoms with Gasteiger partial charge in [-0.15, -0.1) is 0 Å². The molecule has 0 bridgehead atoms. The maximum atomic E-state index is 4.11. The van der Waals surface area contributed by atoms with E-state index in [1.807, 2.05) is 0 Å².